The molecule has 3 aromatic carbocycles. The van der Waals surface area contributed by atoms with Gasteiger partial charge in [0.1, 0.15) is 0 Å². The zero-order valence-electron chi connectivity index (χ0n) is 19.6. The maximum atomic E-state index is 12.9. The molecule has 1 N–H and O–H groups in total. The lowest BCUT2D eigenvalue weighted by atomic mass is 10.0. The molecule has 5 rings (SSSR count). The third-order valence-electron chi connectivity index (χ3n) is 6.61. The first-order valence-corrected chi connectivity index (χ1v) is 12.1. The van der Waals surface area contributed by atoms with Gasteiger partial charge in [-0.2, -0.15) is 5.26 Å². The average Bonchev–Trinajstić information content (AvgIpc) is 2.89. The second kappa shape index (κ2) is 9.91. The molecule has 7 heteroatoms. The molecule has 35 heavy (non-hydrogen) atoms. The molecule has 1 aromatic heterocycles. The van der Waals surface area contributed by atoms with E-state index in [1.807, 2.05) is 35.2 Å². The minimum atomic E-state index is 0.106. The van der Waals surface area contributed by atoms with Crippen LogP contribution in [0.4, 0.5) is 5.69 Å². The van der Waals surface area contributed by atoms with Crippen molar-refractivity contribution in [2.24, 2.45) is 0 Å². The molecule has 0 spiro atoms. The number of nitrogens with one attached hydrogen (secondary N) is 1. The molecule has 1 aliphatic heterocycles. The number of fused-ring (bicyclic) bond motifs is 2. The van der Waals surface area contributed by atoms with Gasteiger partial charge in [0, 0.05) is 49.9 Å². The van der Waals surface area contributed by atoms with Gasteiger partial charge in [-0.05, 0) is 60.1 Å². The highest BCUT2D eigenvalue weighted by molar-refractivity contribution is 6.34. The van der Waals surface area contributed by atoms with Crippen LogP contribution in [-0.2, 0) is 6.42 Å². The van der Waals surface area contributed by atoms with Crippen molar-refractivity contribution in [2.45, 2.75) is 6.42 Å². The highest BCUT2D eigenvalue weighted by atomic mass is 35.5. The van der Waals surface area contributed by atoms with Gasteiger partial charge in [0.2, 0.25) is 0 Å². The minimum absolute atomic E-state index is 0.106. The molecule has 1 fully saturated rings. The van der Waals surface area contributed by atoms with Crippen LogP contribution >= 0.6 is 11.6 Å². The van der Waals surface area contributed by atoms with Crippen LogP contribution in [0.25, 0.3) is 21.7 Å². The maximum Gasteiger partial charge on any atom is 0.253 e. The summed E-state index contributed by atoms with van der Waals surface area (Å²) in [6.45, 7) is 4.05. The van der Waals surface area contributed by atoms with Gasteiger partial charge in [0.15, 0.2) is 0 Å². The summed E-state index contributed by atoms with van der Waals surface area (Å²) in [7, 11) is 2.09. The van der Waals surface area contributed by atoms with Crippen LogP contribution < -0.4 is 5.32 Å². The summed E-state index contributed by atoms with van der Waals surface area (Å²) in [6, 6.07) is 19.9. The zero-order valence-corrected chi connectivity index (χ0v) is 20.3. The van der Waals surface area contributed by atoms with Gasteiger partial charge < -0.3 is 15.1 Å². The molecule has 0 saturated carbocycles. The predicted molar refractivity (Wildman–Crippen MR) is 141 cm³/mol. The number of carbonyl (C=O) groups excluding carboxylic acids is 1. The number of nitriles is 1. The average molecular weight is 484 g/mol. The first kappa shape index (κ1) is 23.1. The van der Waals surface area contributed by atoms with Crippen LogP contribution in [0.3, 0.4) is 0 Å². The number of amides is 1. The van der Waals surface area contributed by atoms with Crippen LogP contribution in [0.15, 0.2) is 60.8 Å². The Hall–Kier alpha value is -3.66. The van der Waals surface area contributed by atoms with Gasteiger partial charge in [-0.15, -0.1) is 0 Å². The number of nitrogens with zero attached hydrogens (tertiary/aromatic N) is 4. The molecule has 1 aliphatic rings. The number of pyridine rings is 1. The number of benzene rings is 3. The van der Waals surface area contributed by atoms with Crippen LogP contribution in [0, 0.1) is 11.3 Å². The fourth-order valence-corrected chi connectivity index (χ4v) is 4.74. The van der Waals surface area contributed by atoms with Crippen LogP contribution in [-0.4, -0.2) is 60.5 Å². The highest BCUT2D eigenvalue weighted by Gasteiger charge is 2.20. The number of rotatable bonds is 5. The second-order valence-corrected chi connectivity index (χ2v) is 9.40. The standard InChI is InChI=1S/C28H26ClN5O/c1-33-10-12-34(13-11-33)28(35)23-6-5-21-14-19(2-4-22(21)16-23)8-9-31-27-24-15-20(17-30)3-7-26(24)32-18-25(27)29/h2-7,14-16,18H,8-13H2,1H3,(H,31,32). The van der Waals surface area contributed by atoms with Crippen molar-refractivity contribution in [3.63, 3.8) is 0 Å². The Kier molecular flexibility index (Phi) is 6.54. The molecule has 2 heterocycles. The first-order chi connectivity index (χ1) is 17.0. The van der Waals surface area contributed by atoms with Crippen molar-refractivity contribution >= 4 is 44.9 Å². The Bertz CT molecular complexity index is 1450. The SMILES string of the molecule is CN1CCN(C(=O)c2ccc3cc(CCNc4c(Cl)cnc5ccc(C#N)cc45)ccc3c2)CC1. The van der Waals surface area contributed by atoms with Crippen LogP contribution in [0.1, 0.15) is 21.5 Å². The Morgan fingerprint density at radius 2 is 1.83 bits per heavy atom. The topological polar surface area (TPSA) is 72.3 Å². The van der Waals surface area contributed by atoms with E-state index in [0.29, 0.717) is 17.1 Å². The number of halogens is 1. The van der Waals surface area contributed by atoms with Gasteiger partial charge in [0.05, 0.1) is 27.9 Å². The van der Waals surface area contributed by atoms with Crippen molar-refractivity contribution in [1.82, 2.24) is 14.8 Å². The summed E-state index contributed by atoms with van der Waals surface area (Å²) in [4.78, 5) is 21.5. The molecule has 4 aromatic rings. The molecule has 0 bridgehead atoms. The van der Waals surface area contributed by atoms with E-state index in [-0.39, 0.29) is 5.91 Å². The maximum absolute atomic E-state index is 12.9. The van der Waals surface area contributed by atoms with Crippen LogP contribution in [0.2, 0.25) is 5.02 Å². The zero-order chi connectivity index (χ0) is 24.4. The van der Waals surface area contributed by atoms with Gasteiger partial charge in [-0.1, -0.05) is 35.9 Å². The van der Waals surface area contributed by atoms with E-state index in [9.17, 15) is 10.1 Å². The number of anilines is 1. The van der Waals surface area contributed by atoms with Gasteiger partial charge in [-0.3, -0.25) is 9.78 Å². The van der Waals surface area contributed by atoms with E-state index in [2.05, 4.69) is 46.5 Å². The van der Waals surface area contributed by atoms with Crippen LogP contribution in [0.5, 0.6) is 0 Å². The van der Waals surface area contributed by atoms with Gasteiger partial charge >= 0.3 is 0 Å². The molecular formula is C28H26ClN5O. The molecular weight excluding hydrogens is 458 g/mol. The molecule has 1 saturated heterocycles. The van der Waals surface area contributed by atoms with E-state index in [0.717, 1.165) is 65.5 Å². The molecule has 0 radical (unpaired) electrons. The summed E-state index contributed by atoms with van der Waals surface area (Å²) in [5, 5.41) is 16.2. The Labute approximate surface area is 209 Å². The van der Waals surface area contributed by atoms with Crippen molar-refractivity contribution in [3.8, 4) is 6.07 Å². The Morgan fingerprint density at radius 1 is 1.06 bits per heavy atom. The van der Waals surface area contributed by atoms with E-state index in [1.165, 1.54) is 5.56 Å². The molecule has 1 amide bonds. The number of piperazine rings is 1. The molecule has 176 valence electrons. The van der Waals surface area contributed by atoms with E-state index < -0.39 is 0 Å². The lowest BCUT2D eigenvalue weighted by Gasteiger charge is -2.32. The van der Waals surface area contributed by atoms with Crippen molar-refractivity contribution in [3.05, 3.63) is 82.5 Å². The second-order valence-electron chi connectivity index (χ2n) is 8.99. The number of carbonyl (C=O) groups is 1. The minimum Gasteiger partial charge on any atom is -0.383 e. The lowest BCUT2D eigenvalue weighted by Crippen LogP contribution is -2.47. The van der Waals surface area contributed by atoms with E-state index in [4.69, 9.17) is 11.6 Å². The summed E-state index contributed by atoms with van der Waals surface area (Å²) in [6.07, 6.45) is 2.44. The largest absolute Gasteiger partial charge is 0.383 e. The smallest absolute Gasteiger partial charge is 0.253 e. The fraction of sp³-hybridized carbons (Fsp3) is 0.250. The summed E-state index contributed by atoms with van der Waals surface area (Å²) >= 11 is 6.42. The molecule has 0 atom stereocenters. The summed E-state index contributed by atoms with van der Waals surface area (Å²) in [5.41, 5.74) is 4.09. The highest BCUT2D eigenvalue weighted by Crippen LogP contribution is 2.30. The molecule has 6 nitrogen and oxygen atoms in total. The predicted octanol–water partition coefficient (Wildman–Crippen LogP) is 4.96. The molecule has 0 unspecified atom stereocenters. The normalized spacial score (nSPS) is 14.3. The number of hydrogen-bond acceptors (Lipinski definition) is 5. The Morgan fingerprint density at radius 3 is 2.63 bits per heavy atom. The van der Waals surface area contributed by atoms with Crippen molar-refractivity contribution < 1.29 is 4.79 Å². The number of aromatic nitrogens is 1. The molecule has 0 aliphatic carbocycles. The summed E-state index contributed by atoms with van der Waals surface area (Å²) in [5.74, 6) is 0.106. The quantitative estimate of drug-likeness (QED) is 0.434. The third kappa shape index (κ3) is 4.93. The number of likely N-dealkylation sites (N-methyl/N-ethyl adjacent to an activating group) is 1. The fourth-order valence-electron chi connectivity index (χ4n) is 4.53. The summed E-state index contributed by atoms with van der Waals surface area (Å²) < 4.78 is 0. The Balaban J connectivity index is 1.28. The lowest BCUT2D eigenvalue weighted by molar-refractivity contribution is 0.0664. The van der Waals surface area contributed by atoms with E-state index in [1.54, 1.807) is 12.3 Å². The monoisotopic (exact) mass is 483 g/mol. The van der Waals surface area contributed by atoms with Crippen molar-refractivity contribution in [1.29, 1.82) is 5.26 Å². The number of hydrogen-bond donors (Lipinski definition) is 1. The van der Waals surface area contributed by atoms with E-state index >= 15 is 0 Å². The van der Waals surface area contributed by atoms with Gasteiger partial charge in [-0.25, -0.2) is 0 Å². The first-order valence-electron chi connectivity index (χ1n) is 11.7. The third-order valence-corrected chi connectivity index (χ3v) is 6.89. The van der Waals surface area contributed by atoms with Gasteiger partial charge in [0.25, 0.3) is 5.91 Å². The van der Waals surface area contributed by atoms with Crippen molar-refractivity contribution in [2.75, 3.05) is 45.1 Å².